The van der Waals surface area contributed by atoms with Gasteiger partial charge in [0.05, 0.1) is 18.9 Å². The number of fused-ring (bicyclic) bond motifs is 1. The van der Waals surface area contributed by atoms with Gasteiger partial charge in [-0.15, -0.1) is 0 Å². The zero-order chi connectivity index (χ0) is 18.6. The first-order valence-corrected chi connectivity index (χ1v) is 8.45. The fourth-order valence-corrected chi connectivity index (χ4v) is 2.78. The molecule has 0 spiro atoms. The van der Waals surface area contributed by atoms with Crippen LogP contribution in [0.5, 0.6) is 5.75 Å². The van der Waals surface area contributed by atoms with Gasteiger partial charge in [-0.25, -0.2) is 4.98 Å². The van der Waals surface area contributed by atoms with Gasteiger partial charge in [0.2, 0.25) is 5.89 Å². The van der Waals surface area contributed by atoms with E-state index in [2.05, 4.69) is 15.3 Å². The monoisotopic (exact) mass is 359 g/mol. The maximum Gasteiger partial charge on any atom is 0.255 e. The minimum Gasteiger partial charge on any atom is -0.496 e. The molecule has 27 heavy (non-hydrogen) atoms. The van der Waals surface area contributed by atoms with Crippen molar-refractivity contribution in [2.45, 2.75) is 6.54 Å². The Hall–Kier alpha value is -3.67. The lowest BCUT2D eigenvalue weighted by Gasteiger charge is -2.09. The second-order valence-electron chi connectivity index (χ2n) is 5.94. The zero-order valence-corrected chi connectivity index (χ0v) is 14.7. The lowest BCUT2D eigenvalue weighted by Crippen LogP contribution is -2.23. The second-order valence-corrected chi connectivity index (χ2v) is 5.94. The molecule has 0 aliphatic rings. The Balaban J connectivity index is 1.45. The highest BCUT2D eigenvalue weighted by atomic mass is 16.5. The Kier molecular flexibility index (Phi) is 4.53. The van der Waals surface area contributed by atoms with Crippen LogP contribution in [0.1, 0.15) is 15.9 Å². The van der Waals surface area contributed by atoms with Crippen LogP contribution in [-0.2, 0) is 6.54 Å². The Bertz CT molecular complexity index is 1050. The number of carbonyl (C=O) groups excluding carboxylic acids is 1. The van der Waals surface area contributed by atoms with Crippen molar-refractivity contribution >= 4 is 17.0 Å². The van der Waals surface area contributed by atoms with Gasteiger partial charge in [0.1, 0.15) is 11.3 Å². The van der Waals surface area contributed by atoms with Crippen molar-refractivity contribution in [2.75, 3.05) is 7.11 Å². The van der Waals surface area contributed by atoms with Gasteiger partial charge in [-0.1, -0.05) is 24.3 Å². The van der Waals surface area contributed by atoms with Gasteiger partial charge in [0.25, 0.3) is 5.91 Å². The lowest BCUT2D eigenvalue weighted by molar-refractivity contribution is 0.0948. The summed E-state index contributed by atoms with van der Waals surface area (Å²) in [6.07, 6.45) is 3.34. The van der Waals surface area contributed by atoms with Gasteiger partial charge >= 0.3 is 0 Å². The molecule has 0 bridgehead atoms. The first-order chi connectivity index (χ1) is 13.2. The third-order valence-electron chi connectivity index (χ3n) is 4.20. The number of para-hydroxylation sites is 1. The largest absolute Gasteiger partial charge is 0.496 e. The van der Waals surface area contributed by atoms with Crippen molar-refractivity contribution in [1.29, 1.82) is 0 Å². The normalized spacial score (nSPS) is 10.7. The highest BCUT2D eigenvalue weighted by Gasteiger charge is 2.11. The number of benzene rings is 2. The molecule has 0 radical (unpaired) electrons. The highest BCUT2D eigenvalue weighted by Crippen LogP contribution is 2.24. The fourth-order valence-electron chi connectivity index (χ4n) is 2.78. The molecule has 4 rings (SSSR count). The van der Waals surface area contributed by atoms with E-state index in [1.54, 1.807) is 37.7 Å². The number of amides is 1. The number of pyridine rings is 1. The van der Waals surface area contributed by atoms with Crippen molar-refractivity contribution in [2.24, 2.45) is 0 Å². The number of ether oxygens (including phenoxy) is 1. The Labute approximate surface area is 155 Å². The summed E-state index contributed by atoms with van der Waals surface area (Å²) in [5.41, 5.74) is 3.77. The average Bonchev–Trinajstić information content (AvgIpc) is 3.16. The molecule has 6 nitrogen and oxygen atoms in total. The highest BCUT2D eigenvalue weighted by molar-refractivity contribution is 5.96. The average molecular weight is 359 g/mol. The van der Waals surface area contributed by atoms with Gasteiger partial charge in [-0.05, 0) is 29.8 Å². The third kappa shape index (κ3) is 3.50. The first kappa shape index (κ1) is 16.8. The molecule has 1 N–H and O–H groups in total. The molecule has 134 valence electrons. The fraction of sp³-hybridized carbons (Fsp3) is 0.0952. The summed E-state index contributed by atoms with van der Waals surface area (Å²) in [7, 11) is 1.55. The van der Waals surface area contributed by atoms with Crippen LogP contribution in [0.25, 0.3) is 22.6 Å². The number of hydrogen-bond donors (Lipinski definition) is 1. The summed E-state index contributed by atoms with van der Waals surface area (Å²) in [6.45, 7) is 0.411. The standard InChI is InChI=1S/C21H17N3O3/c1-26-18-5-3-2-4-16(18)20(25)23-12-14-6-8-15(9-7-14)21-24-17-13-22-11-10-19(17)27-21/h2-11,13H,12H2,1H3,(H,23,25). The van der Waals surface area contributed by atoms with Crippen LogP contribution in [0.4, 0.5) is 0 Å². The number of oxazole rings is 1. The van der Waals surface area contributed by atoms with Gasteiger partial charge in [-0.3, -0.25) is 9.78 Å². The predicted molar refractivity (Wildman–Crippen MR) is 101 cm³/mol. The molecule has 0 atom stereocenters. The lowest BCUT2D eigenvalue weighted by atomic mass is 10.1. The minimum absolute atomic E-state index is 0.178. The first-order valence-electron chi connectivity index (χ1n) is 8.45. The van der Waals surface area contributed by atoms with Crippen LogP contribution in [0.2, 0.25) is 0 Å². The van der Waals surface area contributed by atoms with Crippen molar-refractivity contribution in [3.8, 4) is 17.2 Å². The quantitative estimate of drug-likeness (QED) is 0.586. The smallest absolute Gasteiger partial charge is 0.255 e. The van der Waals surface area contributed by atoms with E-state index in [0.717, 1.165) is 16.6 Å². The summed E-state index contributed by atoms with van der Waals surface area (Å²) in [5, 5.41) is 2.90. The molecule has 6 heteroatoms. The number of carbonyl (C=O) groups is 1. The van der Waals surface area contributed by atoms with E-state index in [4.69, 9.17) is 9.15 Å². The Morgan fingerprint density at radius 1 is 1.11 bits per heavy atom. The number of methoxy groups -OCH3 is 1. The van der Waals surface area contributed by atoms with E-state index in [-0.39, 0.29) is 5.91 Å². The second kappa shape index (κ2) is 7.29. The van der Waals surface area contributed by atoms with Crippen LogP contribution in [0.15, 0.2) is 71.4 Å². The Morgan fingerprint density at radius 3 is 2.70 bits per heavy atom. The minimum atomic E-state index is -0.178. The van der Waals surface area contributed by atoms with Crippen molar-refractivity contribution in [3.05, 3.63) is 78.1 Å². The SMILES string of the molecule is COc1ccccc1C(=O)NCc1ccc(-c2nc3cnccc3o2)cc1. The molecule has 0 fully saturated rings. The molecule has 0 saturated carbocycles. The molecule has 0 saturated heterocycles. The van der Waals surface area contributed by atoms with Crippen molar-refractivity contribution < 1.29 is 13.9 Å². The van der Waals surface area contributed by atoms with Gasteiger partial charge in [0, 0.05) is 24.4 Å². The van der Waals surface area contributed by atoms with Crippen LogP contribution < -0.4 is 10.1 Å². The van der Waals surface area contributed by atoms with E-state index in [9.17, 15) is 4.79 Å². The van der Waals surface area contributed by atoms with Gasteiger partial charge in [-0.2, -0.15) is 0 Å². The van der Waals surface area contributed by atoms with E-state index in [0.29, 0.717) is 29.3 Å². The van der Waals surface area contributed by atoms with Gasteiger partial charge < -0.3 is 14.5 Å². The van der Waals surface area contributed by atoms with Gasteiger partial charge in [0.15, 0.2) is 5.58 Å². The van der Waals surface area contributed by atoms with Crippen molar-refractivity contribution in [1.82, 2.24) is 15.3 Å². The van der Waals surface area contributed by atoms with E-state index >= 15 is 0 Å². The predicted octanol–water partition coefficient (Wildman–Crippen LogP) is 3.83. The third-order valence-corrected chi connectivity index (χ3v) is 4.20. The molecule has 0 aliphatic heterocycles. The number of aromatic nitrogens is 2. The molecule has 2 aromatic carbocycles. The zero-order valence-electron chi connectivity index (χ0n) is 14.7. The summed E-state index contributed by atoms with van der Waals surface area (Å²) in [6, 6.07) is 16.6. The maximum absolute atomic E-state index is 12.4. The van der Waals surface area contributed by atoms with E-state index in [1.165, 1.54) is 0 Å². The Morgan fingerprint density at radius 2 is 1.93 bits per heavy atom. The maximum atomic E-state index is 12.4. The number of hydrogen-bond acceptors (Lipinski definition) is 5. The number of nitrogens with zero attached hydrogens (tertiary/aromatic N) is 2. The van der Waals surface area contributed by atoms with Crippen LogP contribution in [-0.4, -0.2) is 23.0 Å². The summed E-state index contributed by atoms with van der Waals surface area (Å²) in [4.78, 5) is 20.8. The van der Waals surface area contributed by atoms with E-state index in [1.807, 2.05) is 36.4 Å². The van der Waals surface area contributed by atoms with E-state index < -0.39 is 0 Å². The molecular formula is C21H17N3O3. The molecule has 0 unspecified atom stereocenters. The molecule has 2 aromatic heterocycles. The number of rotatable bonds is 5. The number of nitrogens with one attached hydrogen (secondary N) is 1. The van der Waals surface area contributed by atoms with Crippen molar-refractivity contribution in [3.63, 3.8) is 0 Å². The van der Waals surface area contributed by atoms with Crippen LogP contribution >= 0.6 is 0 Å². The summed E-state index contributed by atoms with van der Waals surface area (Å²) in [5.74, 6) is 0.918. The summed E-state index contributed by atoms with van der Waals surface area (Å²) < 4.78 is 11.0. The van der Waals surface area contributed by atoms with Crippen LogP contribution in [0, 0.1) is 0 Å². The molecule has 4 aromatic rings. The molecule has 0 aliphatic carbocycles. The molecule has 2 heterocycles. The molecular weight excluding hydrogens is 342 g/mol. The van der Waals surface area contributed by atoms with Crippen LogP contribution in [0.3, 0.4) is 0 Å². The topological polar surface area (TPSA) is 77.2 Å². The summed E-state index contributed by atoms with van der Waals surface area (Å²) >= 11 is 0. The molecule has 1 amide bonds.